The van der Waals surface area contributed by atoms with E-state index in [0.717, 1.165) is 98.3 Å². The fraction of sp³-hybridized carbons (Fsp3) is 0.917. The third-order valence-electron chi connectivity index (χ3n) is 27.6. The molecule has 0 aromatic heterocycles. The molecule has 0 aliphatic carbocycles. The van der Waals surface area contributed by atoms with Gasteiger partial charge in [0.2, 0.25) is 23.6 Å². The van der Waals surface area contributed by atoms with Crippen molar-refractivity contribution in [3.63, 3.8) is 0 Å². The number of hydrogen-bond donors (Lipinski definition) is 26. The molecule has 0 spiro atoms. The fourth-order valence-corrected chi connectivity index (χ4v) is 19.6. The van der Waals surface area contributed by atoms with Gasteiger partial charge in [-0.1, -0.05) is 226 Å². The number of Topliss-reactive ketones (excluding diaryl/α,β-unsaturated/α-hetero) is 1. The van der Waals surface area contributed by atoms with Gasteiger partial charge in [0.25, 0.3) is 17.4 Å². The van der Waals surface area contributed by atoms with Gasteiger partial charge in [0.15, 0.2) is 18.9 Å². The van der Waals surface area contributed by atoms with Crippen LogP contribution in [0.1, 0.15) is 298 Å². The number of carboxylic acids is 3. The highest BCUT2D eigenvalue weighted by Crippen LogP contribution is 2.45. The van der Waals surface area contributed by atoms with Crippen LogP contribution in [0.15, 0.2) is 0 Å². The number of aliphatic hydroxyl groups excluding tert-OH is 19. The van der Waals surface area contributed by atoms with Gasteiger partial charge in [-0.3, -0.25) is 19.2 Å². The van der Waals surface area contributed by atoms with Crippen molar-refractivity contribution in [3.05, 3.63) is 0 Å². The standard InChI is InChI=1S/C96H170N4O42/c1-7-9-11-13-15-17-19-21-22-23-24-25-26-27-28-30-32-34-36-38-40-42-70(116)100-59(60(111)41-39-37-35-33-31-29-20-18-16-14-12-10-8-2)53-131-89-80(123)79(122)82(68(51-105)133-89)135-90-81(124)87(83(69(52-106)134-90)136-88-58(43-54(3)107)74(117)76(119)65(48-102)132-88)142-96(93(129)130)46-63(114)73(99-57(6)110)86(141-96)78(121)67(50-104)138-95(92(127)128)45-62(113)72(98-56(5)109)85(140-95)77(120)66(49-103)137-94(91(125)126)44-61(112)71(97-55(4)108)84(139-94)75(118)64(115)47-101/h58-69,71-90,101-106,111-115,117-124H,7-53H2,1-6H3,(H,97,108)(H,98,109)(H,99,110)(H,100,116)(H,125,126)(H,127,128)(H,129,130). The predicted octanol–water partition coefficient (Wildman–Crippen LogP) is -0.864. The van der Waals surface area contributed by atoms with Gasteiger partial charge in [-0.05, 0) is 19.8 Å². The zero-order chi connectivity index (χ0) is 105. The molecule has 0 radical (unpaired) electrons. The van der Waals surface area contributed by atoms with Crippen LogP contribution < -0.4 is 21.3 Å². The van der Waals surface area contributed by atoms with Crippen molar-refractivity contribution in [2.75, 3.05) is 46.2 Å². The summed E-state index contributed by atoms with van der Waals surface area (Å²) in [5.74, 6) is -23.5. The van der Waals surface area contributed by atoms with E-state index in [1.807, 2.05) is 0 Å². The van der Waals surface area contributed by atoms with Crippen molar-refractivity contribution < 1.29 is 208 Å². The number of ether oxygens (including phenoxy) is 12. The molecule has 0 aromatic rings. The van der Waals surface area contributed by atoms with Gasteiger partial charge in [0.05, 0.1) is 101 Å². The molecular formula is C96H170N4O42. The number of aliphatic carboxylic acids is 3. The zero-order valence-electron chi connectivity index (χ0n) is 83.2. The maximum atomic E-state index is 14.5. The Hall–Kier alpha value is -5.28. The number of nitrogens with one attached hydrogen (secondary N) is 4. The Morgan fingerprint density at radius 2 is 0.725 bits per heavy atom. The number of amides is 4. The molecule has 6 rings (SSSR count). The van der Waals surface area contributed by atoms with Crippen LogP contribution in [0.25, 0.3) is 0 Å². The van der Waals surface area contributed by atoms with Crippen LogP contribution in [0.4, 0.5) is 0 Å². The lowest BCUT2D eigenvalue weighted by atomic mass is 9.86. The van der Waals surface area contributed by atoms with Crippen LogP contribution in [0.5, 0.6) is 0 Å². The Balaban J connectivity index is 1.27. The maximum Gasteiger partial charge on any atom is 0.364 e. The fourth-order valence-electron chi connectivity index (χ4n) is 19.6. The molecule has 6 saturated heterocycles. The van der Waals surface area contributed by atoms with Crippen LogP contribution in [0.2, 0.25) is 0 Å². The Bertz CT molecular complexity index is 3630. The maximum absolute atomic E-state index is 14.5. The van der Waals surface area contributed by atoms with Gasteiger partial charge in [0, 0.05) is 58.8 Å². The second kappa shape index (κ2) is 64.3. The number of ketones is 1. The van der Waals surface area contributed by atoms with Gasteiger partial charge in [-0.2, -0.15) is 0 Å². The molecule has 35 atom stereocenters. The molecular weight excluding hydrogens is 1880 g/mol. The topological polar surface area (TPSA) is 741 Å². The summed E-state index contributed by atoms with van der Waals surface area (Å²) in [7, 11) is 0. The van der Waals surface area contributed by atoms with Crippen molar-refractivity contribution in [1.82, 2.24) is 21.3 Å². The molecule has 826 valence electrons. The smallest absolute Gasteiger partial charge is 0.364 e. The summed E-state index contributed by atoms with van der Waals surface area (Å²) in [6, 6.07) is -7.20. The van der Waals surface area contributed by atoms with Crippen molar-refractivity contribution in [3.8, 4) is 0 Å². The largest absolute Gasteiger partial charge is 0.477 e. The van der Waals surface area contributed by atoms with Gasteiger partial charge < -0.3 is 195 Å². The lowest BCUT2D eigenvalue weighted by Crippen LogP contribution is -2.72. The Morgan fingerprint density at radius 3 is 1.10 bits per heavy atom. The minimum absolute atomic E-state index is 0.108. The molecule has 0 aromatic carbocycles. The van der Waals surface area contributed by atoms with E-state index in [9.17, 15) is 151 Å². The molecule has 0 bridgehead atoms. The molecule has 6 fully saturated rings. The summed E-state index contributed by atoms with van der Waals surface area (Å²) in [5, 5.41) is 262. The van der Waals surface area contributed by atoms with E-state index in [1.165, 1.54) is 135 Å². The number of unbranched alkanes of at least 4 members (excludes halogenated alkanes) is 32. The van der Waals surface area contributed by atoms with Crippen LogP contribution in [0, 0.1) is 5.92 Å². The average Bonchev–Trinajstić information content (AvgIpc) is 0.741. The number of hydrogen-bond acceptors (Lipinski definition) is 39. The summed E-state index contributed by atoms with van der Waals surface area (Å²) in [6.07, 6.45) is -27.4. The van der Waals surface area contributed by atoms with E-state index in [2.05, 4.69) is 35.1 Å². The van der Waals surface area contributed by atoms with Crippen molar-refractivity contribution in [1.29, 1.82) is 0 Å². The van der Waals surface area contributed by atoms with Crippen LogP contribution in [0.3, 0.4) is 0 Å². The van der Waals surface area contributed by atoms with E-state index in [-0.39, 0.29) is 12.8 Å². The molecule has 46 heteroatoms. The monoisotopic (exact) mass is 2050 g/mol. The molecule has 6 heterocycles. The number of rotatable bonds is 71. The van der Waals surface area contributed by atoms with Crippen LogP contribution in [-0.2, 0) is 95.2 Å². The molecule has 142 heavy (non-hydrogen) atoms. The van der Waals surface area contributed by atoms with E-state index >= 15 is 0 Å². The van der Waals surface area contributed by atoms with E-state index in [0.29, 0.717) is 12.8 Å². The van der Waals surface area contributed by atoms with E-state index < -0.39 is 332 Å². The normalized spacial score (nSPS) is 33.0. The van der Waals surface area contributed by atoms with Crippen molar-refractivity contribution in [2.45, 2.75) is 505 Å². The Morgan fingerprint density at radius 1 is 0.373 bits per heavy atom. The first-order valence-electron chi connectivity index (χ1n) is 51.4. The van der Waals surface area contributed by atoms with E-state index in [1.54, 1.807) is 0 Å². The number of carbonyl (C=O) groups is 8. The van der Waals surface area contributed by atoms with Crippen LogP contribution >= 0.6 is 0 Å². The molecule has 35 unspecified atom stereocenters. The Labute approximate surface area is 830 Å². The zero-order valence-corrected chi connectivity index (χ0v) is 83.2. The summed E-state index contributed by atoms with van der Waals surface area (Å²) < 4.78 is 72.2. The summed E-state index contributed by atoms with van der Waals surface area (Å²) in [6.45, 7) is -0.470. The SMILES string of the molecule is CCCCCCCCCCCCCCCCCCCCCCCC(=O)NC(COC1OC(CO)C(OC2OC(CO)C(OC3OC(CO)C(O)C(O)C3CC(C)=O)C(OC3(C(=O)O)CC(O)C(NC(C)=O)C(C(O)C(CO)OC4(C(=O)O)CC(O)C(NC(C)=O)C(C(O)C(CO)OC5(C(=O)O)CC(O)C(NC(C)=O)C(C(O)C(O)CO)O5)O4)O3)C2O)C(O)C1O)C(O)CCCCCCCCCCCCCCC. The van der Waals surface area contributed by atoms with Gasteiger partial charge >= 0.3 is 17.9 Å². The highest BCUT2D eigenvalue weighted by molar-refractivity contribution is 5.79. The lowest BCUT2D eigenvalue weighted by molar-refractivity contribution is -0.404. The average molecular weight is 2050 g/mol. The Kier molecular flexibility index (Phi) is 56.8. The quantitative estimate of drug-likeness (QED) is 0.0329. The molecule has 0 saturated carbocycles. The third-order valence-corrected chi connectivity index (χ3v) is 27.6. The first kappa shape index (κ1) is 125. The predicted molar refractivity (Wildman–Crippen MR) is 498 cm³/mol. The molecule has 6 aliphatic heterocycles. The molecule has 26 N–H and O–H groups in total. The molecule has 4 amide bonds. The number of carbonyl (C=O) groups excluding carboxylic acids is 5. The minimum Gasteiger partial charge on any atom is -0.477 e. The number of aliphatic hydroxyl groups is 19. The van der Waals surface area contributed by atoms with Crippen molar-refractivity contribution >= 4 is 47.3 Å². The molecule has 6 aliphatic rings. The minimum atomic E-state index is -3.70. The van der Waals surface area contributed by atoms with Crippen molar-refractivity contribution in [2.24, 2.45) is 5.92 Å². The number of carboxylic acid groups (broad SMARTS) is 3. The highest BCUT2D eigenvalue weighted by atomic mass is 16.8. The first-order chi connectivity index (χ1) is 67.6. The van der Waals surface area contributed by atoms with Gasteiger partial charge in [0.1, 0.15) is 122 Å². The first-order valence-corrected chi connectivity index (χ1v) is 51.4. The summed E-state index contributed by atoms with van der Waals surface area (Å²) in [5.41, 5.74) is 0. The second-order valence-corrected chi connectivity index (χ2v) is 39.2. The third kappa shape index (κ3) is 37.7. The highest BCUT2D eigenvalue weighted by Gasteiger charge is 2.65. The summed E-state index contributed by atoms with van der Waals surface area (Å²) >= 11 is 0. The lowest BCUT2D eigenvalue weighted by Gasteiger charge is -2.53. The van der Waals surface area contributed by atoms with E-state index in [4.69, 9.17) is 56.8 Å². The second-order valence-electron chi connectivity index (χ2n) is 39.2. The van der Waals surface area contributed by atoms with Gasteiger partial charge in [-0.15, -0.1) is 0 Å². The van der Waals surface area contributed by atoms with Gasteiger partial charge in [-0.25, -0.2) is 14.4 Å². The molecule has 46 nitrogen and oxygen atoms in total. The van der Waals surface area contributed by atoms with Crippen LogP contribution in [-0.4, -0.2) is 413 Å². The summed E-state index contributed by atoms with van der Waals surface area (Å²) in [4.78, 5) is 107.